The van der Waals surface area contributed by atoms with Crippen molar-refractivity contribution in [3.63, 3.8) is 0 Å². The molecule has 0 atom stereocenters. The molecule has 0 unspecified atom stereocenters. The minimum absolute atomic E-state index is 0.0386. The van der Waals surface area contributed by atoms with Gasteiger partial charge in [0, 0.05) is 24.0 Å². The largest absolute Gasteiger partial charge is 0.332 e. The predicted octanol–water partition coefficient (Wildman–Crippen LogP) is 2.80. The second-order valence-electron chi connectivity index (χ2n) is 3.62. The molecule has 0 amide bonds. The summed E-state index contributed by atoms with van der Waals surface area (Å²) < 4.78 is 0. The van der Waals surface area contributed by atoms with Crippen LogP contribution < -0.4 is 10.6 Å². The molecule has 2 N–H and O–H groups in total. The van der Waals surface area contributed by atoms with E-state index >= 15 is 0 Å². The molecule has 0 aliphatic carbocycles. The van der Waals surface area contributed by atoms with Gasteiger partial charge in [0.2, 0.25) is 0 Å². The monoisotopic (exact) mass is 274 g/mol. The van der Waals surface area contributed by atoms with Crippen LogP contribution in [0.1, 0.15) is 0 Å². The Morgan fingerprint density at radius 1 is 1.16 bits per heavy atom. The van der Waals surface area contributed by atoms with E-state index in [1.54, 1.807) is 30.6 Å². The van der Waals surface area contributed by atoms with Gasteiger partial charge < -0.3 is 10.6 Å². The molecule has 1 aromatic carbocycles. The van der Waals surface area contributed by atoms with E-state index in [4.69, 9.17) is 12.2 Å². The Hall–Kier alpha value is -2.54. The first-order valence-electron chi connectivity index (χ1n) is 5.37. The standard InChI is InChI=1S/C12H10N4O2S/c17-16(18)11-5-3-9(4-6-11)14-12(19)15-10-2-1-7-13-8-10/h1-8H,(H2,14,15,19). The van der Waals surface area contributed by atoms with Gasteiger partial charge >= 0.3 is 0 Å². The molecule has 0 fully saturated rings. The van der Waals surface area contributed by atoms with Gasteiger partial charge in [0.15, 0.2) is 5.11 Å². The molecule has 2 aromatic rings. The third-order valence-electron chi connectivity index (χ3n) is 2.26. The molecule has 0 saturated carbocycles. The lowest BCUT2D eigenvalue weighted by atomic mass is 10.3. The maximum atomic E-state index is 10.5. The number of nitrogens with one attached hydrogen (secondary N) is 2. The van der Waals surface area contributed by atoms with E-state index in [1.807, 2.05) is 6.07 Å². The summed E-state index contributed by atoms with van der Waals surface area (Å²) in [4.78, 5) is 14.0. The molecule has 0 saturated heterocycles. The molecule has 1 heterocycles. The third-order valence-corrected chi connectivity index (χ3v) is 2.46. The van der Waals surface area contributed by atoms with Crippen molar-refractivity contribution in [1.29, 1.82) is 0 Å². The summed E-state index contributed by atoms with van der Waals surface area (Å²) in [6.45, 7) is 0. The Morgan fingerprint density at radius 2 is 1.84 bits per heavy atom. The normalized spacial score (nSPS) is 9.68. The molecule has 0 aliphatic rings. The number of anilines is 2. The van der Waals surface area contributed by atoms with Gasteiger partial charge in [-0.25, -0.2) is 0 Å². The van der Waals surface area contributed by atoms with E-state index in [-0.39, 0.29) is 5.69 Å². The molecule has 0 aliphatic heterocycles. The molecule has 6 nitrogen and oxygen atoms in total. The lowest BCUT2D eigenvalue weighted by molar-refractivity contribution is -0.384. The number of nitro groups is 1. The second kappa shape index (κ2) is 5.87. The molecule has 0 spiro atoms. The minimum atomic E-state index is -0.448. The fourth-order valence-electron chi connectivity index (χ4n) is 1.40. The van der Waals surface area contributed by atoms with Crippen molar-refractivity contribution in [2.24, 2.45) is 0 Å². The molecule has 7 heteroatoms. The van der Waals surface area contributed by atoms with Gasteiger partial charge in [-0.2, -0.15) is 0 Å². The zero-order valence-corrected chi connectivity index (χ0v) is 10.6. The van der Waals surface area contributed by atoms with E-state index in [2.05, 4.69) is 15.6 Å². The number of aromatic nitrogens is 1. The van der Waals surface area contributed by atoms with Crippen molar-refractivity contribution in [3.05, 3.63) is 58.9 Å². The van der Waals surface area contributed by atoms with Crippen molar-refractivity contribution in [1.82, 2.24) is 4.98 Å². The maximum Gasteiger partial charge on any atom is 0.269 e. The number of rotatable bonds is 3. The highest BCUT2D eigenvalue weighted by Gasteiger charge is 2.04. The molecule has 19 heavy (non-hydrogen) atoms. The van der Waals surface area contributed by atoms with Crippen LogP contribution in [0.25, 0.3) is 0 Å². The Morgan fingerprint density at radius 3 is 2.42 bits per heavy atom. The molecule has 2 rings (SSSR count). The van der Waals surface area contributed by atoms with Gasteiger partial charge in [-0.05, 0) is 36.5 Å². The van der Waals surface area contributed by atoms with Crippen molar-refractivity contribution in [2.75, 3.05) is 10.6 Å². The Balaban J connectivity index is 1.97. The zero-order valence-electron chi connectivity index (χ0n) is 9.74. The molecular formula is C12H10N4O2S. The number of thiocarbonyl (C=S) groups is 1. The van der Waals surface area contributed by atoms with Crippen LogP contribution in [0.2, 0.25) is 0 Å². The highest BCUT2D eigenvalue weighted by Crippen LogP contribution is 2.15. The van der Waals surface area contributed by atoms with Crippen LogP contribution in [0.15, 0.2) is 48.8 Å². The van der Waals surface area contributed by atoms with E-state index in [1.165, 1.54) is 12.1 Å². The molecule has 0 bridgehead atoms. The first-order chi connectivity index (χ1) is 9.15. The van der Waals surface area contributed by atoms with Crippen LogP contribution in [0, 0.1) is 10.1 Å². The van der Waals surface area contributed by atoms with Crippen LogP contribution in [-0.2, 0) is 0 Å². The zero-order chi connectivity index (χ0) is 13.7. The minimum Gasteiger partial charge on any atom is -0.332 e. The van der Waals surface area contributed by atoms with Gasteiger partial charge in [-0.1, -0.05) is 0 Å². The summed E-state index contributed by atoms with van der Waals surface area (Å²) in [5.41, 5.74) is 1.48. The summed E-state index contributed by atoms with van der Waals surface area (Å²) >= 11 is 5.12. The van der Waals surface area contributed by atoms with E-state index < -0.39 is 4.92 Å². The number of nitrogens with zero attached hydrogens (tertiary/aromatic N) is 2. The summed E-state index contributed by atoms with van der Waals surface area (Å²) in [6, 6.07) is 9.63. The highest BCUT2D eigenvalue weighted by molar-refractivity contribution is 7.80. The van der Waals surface area contributed by atoms with Crippen LogP contribution in [0.5, 0.6) is 0 Å². The summed E-state index contributed by atoms with van der Waals surface area (Å²) in [5, 5.41) is 16.8. The Labute approximate surface area is 114 Å². The van der Waals surface area contributed by atoms with Crippen LogP contribution >= 0.6 is 12.2 Å². The summed E-state index contributed by atoms with van der Waals surface area (Å²) in [7, 11) is 0. The maximum absolute atomic E-state index is 10.5. The van der Waals surface area contributed by atoms with Gasteiger partial charge in [-0.15, -0.1) is 0 Å². The fraction of sp³-hybridized carbons (Fsp3) is 0. The number of non-ortho nitro benzene ring substituents is 1. The molecule has 1 aromatic heterocycles. The van der Waals surface area contributed by atoms with Crippen molar-refractivity contribution < 1.29 is 4.92 Å². The summed E-state index contributed by atoms with van der Waals surface area (Å²) in [5.74, 6) is 0. The third kappa shape index (κ3) is 3.71. The molecular weight excluding hydrogens is 264 g/mol. The van der Waals surface area contributed by atoms with Gasteiger partial charge in [-0.3, -0.25) is 15.1 Å². The molecule has 0 radical (unpaired) electrons. The number of pyridine rings is 1. The van der Waals surface area contributed by atoms with Crippen molar-refractivity contribution in [3.8, 4) is 0 Å². The van der Waals surface area contributed by atoms with Gasteiger partial charge in [0.05, 0.1) is 16.8 Å². The Kier molecular flexibility index (Phi) is 3.99. The van der Waals surface area contributed by atoms with E-state index in [9.17, 15) is 10.1 Å². The topological polar surface area (TPSA) is 80.1 Å². The SMILES string of the molecule is O=[N+]([O-])c1ccc(NC(=S)Nc2cccnc2)cc1. The quantitative estimate of drug-likeness (QED) is 0.509. The van der Waals surface area contributed by atoms with Crippen molar-refractivity contribution in [2.45, 2.75) is 0 Å². The average Bonchev–Trinajstić information content (AvgIpc) is 2.40. The second-order valence-corrected chi connectivity index (χ2v) is 4.03. The number of hydrogen-bond acceptors (Lipinski definition) is 4. The molecule has 96 valence electrons. The highest BCUT2D eigenvalue weighted by atomic mass is 32.1. The smallest absolute Gasteiger partial charge is 0.269 e. The van der Waals surface area contributed by atoms with Crippen LogP contribution in [0.3, 0.4) is 0 Å². The summed E-state index contributed by atoms with van der Waals surface area (Å²) in [6.07, 6.45) is 3.31. The average molecular weight is 274 g/mol. The van der Waals surface area contributed by atoms with E-state index in [0.29, 0.717) is 10.8 Å². The fourth-order valence-corrected chi connectivity index (χ4v) is 1.63. The number of benzene rings is 1. The lowest BCUT2D eigenvalue weighted by Crippen LogP contribution is -2.19. The predicted molar refractivity (Wildman–Crippen MR) is 77.2 cm³/mol. The number of nitro benzene ring substituents is 1. The van der Waals surface area contributed by atoms with E-state index in [0.717, 1.165) is 5.69 Å². The first kappa shape index (κ1) is 12.9. The van der Waals surface area contributed by atoms with Crippen LogP contribution in [0.4, 0.5) is 17.1 Å². The number of hydrogen-bond donors (Lipinski definition) is 2. The lowest BCUT2D eigenvalue weighted by Gasteiger charge is -2.09. The van der Waals surface area contributed by atoms with Gasteiger partial charge in [0.1, 0.15) is 0 Å². The first-order valence-corrected chi connectivity index (χ1v) is 5.78. The Bertz CT molecular complexity index is 586. The van der Waals surface area contributed by atoms with Crippen LogP contribution in [-0.4, -0.2) is 15.0 Å². The van der Waals surface area contributed by atoms with Gasteiger partial charge in [0.25, 0.3) is 5.69 Å². The van der Waals surface area contributed by atoms with Crippen molar-refractivity contribution >= 4 is 34.4 Å².